The summed E-state index contributed by atoms with van der Waals surface area (Å²) in [6.07, 6.45) is 1.74. The van der Waals surface area contributed by atoms with Gasteiger partial charge in [0.05, 0.1) is 27.5 Å². The third-order valence-electron chi connectivity index (χ3n) is 5.66. The predicted molar refractivity (Wildman–Crippen MR) is 141 cm³/mol. The van der Waals surface area contributed by atoms with Gasteiger partial charge in [-0.15, -0.1) is 0 Å². The van der Waals surface area contributed by atoms with Crippen LogP contribution in [0, 0.1) is 5.92 Å². The molecule has 4 rings (SSSR count). The van der Waals surface area contributed by atoms with Gasteiger partial charge in [0.2, 0.25) is 0 Å². The molecule has 0 saturated carbocycles. The Bertz CT molecular complexity index is 1330. The monoisotopic (exact) mass is 469 g/mol. The molecule has 0 radical (unpaired) electrons. The molecular formula is C29H28ClN3O. The van der Waals surface area contributed by atoms with Crippen molar-refractivity contribution in [1.29, 1.82) is 0 Å². The highest BCUT2D eigenvalue weighted by Crippen LogP contribution is 2.29. The van der Waals surface area contributed by atoms with E-state index in [1.165, 1.54) is 5.56 Å². The Morgan fingerprint density at radius 3 is 2.41 bits per heavy atom. The number of hydrogen-bond acceptors (Lipinski definition) is 3. The number of amides is 1. The van der Waals surface area contributed by atoms with Gasteiger partial charge in [-0.05, 0) is 42.0 Å². The molecule has 1 amide bonds. The molecular weight excluding hydrogens is 442 g/mol. The first-order valence-electron chi connectivity index (χ1n) is 11.6. The summed E-state index contributed by atoms with van der Waals surface area (Å²) in [6.45, 7) is 6.45. The molecule has 3 aromatic carbocycles. The SMILES string of the molecule is CC/C(=N/NC(=O)c1cc(-c2ccccc2)nc2c(Cl)cccc12)c1ccc(CC(C)C)cc1. The van der Waals surface area contributed by atoms with Crippen LogP contribution in [0.3, 0.4) is 0 Å². The third-order valence-corrected chi connectivity index (χ3v) is 5.97. The Labute approximate surface area is 205 Å². The summed E-state index contributed by atoms with van der Waals surface area (Å²) in [5, 5.41) is 5.67. The van der Waals surface area contributed by atoms with Crippen LogP contribution >= 0.6 is 11.6 Å². The van der Waals surface area contributed by atoms with Crippen LogP contribution in [0.2, 0.25) is 5.02 Å². The number of rotatable bonds is 7. The Morgan fingerprint density at radius 1 is 1.00 bits per heavy atom. The van der Waals surface area contributed by atoms with E-state index in [4.69, 9.17) is 16.6 Å². The highest BCUT2D eigenvalue weighted by molar-refractivity contribution is 6.35. The Kier molecular flexibility index (Phi) is 7.39. The van der Waals surface area contributed by atoms with Crippen molar-refractivity contribution in [1.82, 2.24) is 10.4 Å². The minimum atomic E-state index is -0.297. The van der Waals surface area contributed by atoms with E-state index < -0.39 is 0 Å². The summed E-state index contributed by atoms with van der Waals surface area (Å²) in [7, 11) is 0. The quantitative estimate of drug-likeness (QED) is 0.228. The second-order valence-electron chi connectivity index (χ2n) is 8.70. The van der Waals surface area contributed by atoms with Gasteiger partial charge in [-0.2, -0.15) is 5.10 Å². The average Bonchev–Trinajstić information content (AvgIpc) is 2.85. The van der Waals surface area contributed by atoms with E-state index in [1.807, 2.05) is 49.4 Å². The molecule has 172 valence electrons. The smallest absolute Gasteiger partial charge is 0.267 e. The average molecular weight is 470 g/mol. The molecule has 0 fully saturated rings. The van der Waals surface area contributed by atoms with Crippen molar-refractivity contribution in [2.24, 2.45) is 11.0 Å². The zero-order valence-electron chi connectivity index (χ0n) is 19.7. The lowest BCUT2D eigenvalue weighted by Crippen LogP contribution is -2.20. The molecule has 0 unspecified atom stereocenters. The number of benzene rings is 3. The van der Waals surface area contributed by atoms with Crippen molar-refractivity contribution in [2.45, 2.75) is 33.6 Å². The molecule has 1 N–H and O–H groups in total. The number of pyridine rings is 1. The molecule has 1 aromatic heterocycles. The lowest BCUT2D eigenvalue weighted by molar-refractivity contribution is 0.0956. The summed E-state index contributed by atoms with van der Waals surface area (Å²) in [5.74, 6) is 0.308. The van der Waals surface area contributed by atoms with Crippen molar-refractivity contribution < 1.29 is 4.79 Å². The van der Waals surface area contributed by atoms with E-state index in [-0.39, 0.29) is 5.91 Å². The summed E-state index contributed by atoms with van der Waals surface area (Å²) in [5.41, 5.74) is 8.57. The molecule has 5 heteroatoms. The predicted octanol–water partition coefficient (Wildman–Crippen LogP) is 7.30. The van der Waals surface area contributed by atoms with Crippen LogP contribution in [-0.4, -0.2) is 16.6 Å². The molecule has 1 heterocycles. The standard InChI is InChI=1S/C29H28ClN3O/c1-4-26(22-15-13-20(14-16-22)17-19(2)3)32-33-29(34)24-18-27(21-9-6-5-7-10-21)31-28-23(24)11-8-12-25(28)30/h5-16,18-19H,4,17H2,1-3H3,(H,33,34)/b32-26-. The molecule has 0 atom stereocenters. The van der Waals surface area contributed by atoms with Gasteiger partial charge in [-0.1, -0.05) is 99.1 Å². The topological polar surface area (TPSA) is 54.4 Å². The number of nitrogens with zero attached hydrogens (tertiary/aromatic N) is 2. The van der Waals surface area contributed by atoms with Crippen LogP contribution in [0.25, 0.3) is 22.2 Å². The molecule has 0 aliphatic heterocycles. The Hall–Kier alpha value is -3.50. The Morgan fingerprint density at radius 2 is 1.74 bits per heavy atom. The largest absolute Gasteiger partial charge is 0.272 e. The normalized spacial score (nSPS) is 11.7. The minimum Gasteiger partial charge on any atom is -0.267 e. The second-order valence-corrected chi connectivity index (χ2v) is 9.11. The van der Waals surface area contributed by atoms with Crippen molar-refractivity contribution >= 4 is 34.1 Å². The third kappa shape index (κ3) is 5.35. The maximum atomic E-state index is 13.3. The fraction of sp³-hybridized carbons (Fsp3) is 0.207. The van der Waals surface area contributed by atoms with Gasteiger partial charge in [0.15, 0.2) is 0 Å². The molecule has 0 aliphatic carbocycles. The van der Waals surface area contributed by atoms with Gasteiger partial charge >= 0.3 is 0 Å². The first-order chi connectivity index (χ1) is 16.5. The first-order valence-corrected chi connectivity index (χ1v) is 11.9. The van der Waals surface area contributed by atoms with Crippen molar-refractivity contribution in [2.75, 3.05) is 0 Å². The highest BCUT2D eigenvalue weighted by atomic mass is 35.5. The maximum absolute atomic E-state index is 13.3. The van der Waals surface area contributed by atoms with Crippen molar-refractivity contribution in [3.63, 3.8) is 0 Å². The maximum Gasteiger partial charge on any atom is 0.272 e. The first kappa shape index (κ1) is 23.7. The fourth-order valence-electron chi connectivity index (χ4n) is 3.99. The number of hydrazone groups is 1. The molecule has 0 bridgehead atoms. The summed E-state index contributed by atoms with van der Waals surface area (Å²) >= 11 is 6.45. The highest BCUT2D eigenvalue weighted by Gasteiger charge is 2.16. The van der Waals surface area contributed by atoms with Crippen LogP contribution in [0.15, 0.2) is 84.0 Å². The van der Waals surface area contributed by atoms with Gasteiger partial charge in [0.1, 0.15) is 0 Å². The number of hydrogen-bond donors (Lipinski definition) is 1. The van der Waals surface area contributed by atoms with Crippen molar-refractivity contribution in [3.05, 3.63) is 101 Å². The molecule has 0 aliphatic rings. The molecule has 4 nitrogen and oxygen atoms in total. The van der Waals surface area contributed by atoms with Crippen LogP contribution in [0.4, 0.5) is 0 Å². The number of fused-ring (bicyclic) bond motifs is 1. The fourth-order valence-corrected chi connectivity index (χ4v) is 4.21. The summed E-state index contributed by atoms with van der Waals surface area (Å²) in [4.78, 5) is 18.0. The van der Waals surface area contributed by atoms with E-state index in [1.54, 1.807) is 12.1 Å². The number of carbonyl (C=O) groups is 1. The van der Waals surface area contributed by atoms with Crippen LogP contribution in [-0.2, 0) is 6.42 Å². The van der Waals surface area contributed by atoms with Gasteiger partial charge in [-0.3, -0.25) is 4.79 Å². The lowest BCUT2D eigenvalue weighted by atomic mass is 10.00. The zero-order chi connectivity index (χ0) is 24.1. The summed E-state index contributed by atoms with van der Waals surface area (Å²) in [6, 6.07) is 25.4. The number of carbonyl (C=O) groups excluding carboxylic acids is 1. The van der Waals surface area contributed by atoms with Gasteiger partial charge in [-0.25, -0.2) is 10.4 Å². The number of aromatic nitrogens is 1. The molecule has 4 aromatic rings. The number of nitrogens with one attached hydrogen (secondary N) is 1. The van der Waals surface area contributed by atoms with Gasteiger partial charge in [0, 0.05) is 10.9 Å². The lowest BCUT2D eigenvalue weighted by Gasteiger charge is -2.11. The van der Waals surface area contributed by atoms with Gasteiger partial charge in [0.25, 0.3) is 5.91 Å². The van der Waals surface area contributed by atoms with Crippen LogP contribution in [0.5, 0.6) is 0 Å². The molecule has 34 heavy (non-hydrogen) atoms. The van der Waals surface area contributed by atoms with Gasteiger partial charge < -0.3 is 0 Å². The van der Waals surface area contributed by atoms with E-state index in [0.717, 1.165) is 23.3 Å². The van der Waals surface area contributed by atoms with E-state index in [2.05, 4.69) is 48.6 Å². The van der Waals surface area contributed by atoms with E-state index >= 15 is 0 Å². The number of para-hydroxylation sites is 1. The zero-order valence-corrected chi connectivity index (χ0v) is 20.4. The number of halogens is 1. The molecule has 0 saturated heterocycles. The van der Waals surface area contributed by atoms with E-state index in [0.29, 0.717) is 39.5 Å². The molecule has 0 spiro atoms. The minimum absolute atomic E-state index is 0.297. The van der Waals surface area contributed by atoms with E-state index in [9.17, 15) is 4.79 Å². The van der Waals surface area contributed by atoms with Crippen LogP contribution in [0.1, 0.15) is 48.7 Å². The summed E-state index contributed by atoms with van der Waals surface area (Å²) < 4.78 is 0. The second kappa shape index (κ2) is 10.6. The van der Waals surface area contributed by atoms with Crippen LogP contribution < -0.4 is 5.43 Å². The Balaban J connectivity index is 1.67. The van der Waals surface area contributed by atoms with Crippen molar-refractivity contribution in [3.8, 4) is 11.3 Å².